The summed E-state index contributed by atoms with van der Waals surface area (Å²) in [5.74, 6) is -2.51. The predicted molar refractivity (Wildman–Crippen MR) is 120 cm³/mol. The average Bonchev–Trinajstić information content (AvgIpc) is 2.79. The summed E-state index contributed by atoms with van der Waals surface area (Å²) < 4.78 is 5.67. The summed E-state index contributed by atoms with van der Waals surface area (Å²) >= 11 is 0. The van der Waals surface area contributed by atoms with E-state index in [0.717, 1.165) is 25.7 Å². The third-order valence-electron chi connectivity index (χ3n) is 7.41. The van der Waals surface area contributed by atoms with Gasteiger partial charge in [0, 0.05) is 6.42 Å². The number of ether oxygens (including phenoxy) is 1. The fourth-order valence-electron chi connectivity index (χ4n) is 5.63. The second kappa shape index (κ2) is 10.0. The molecule has 2 aliphatic rings. The van der Waals surface area contributed by atoms with Gasteiger partial charge in [-0.15, -0.1) is 0 Å². The molecule has 0 bridgehead atoms. The lowest BCUT2D eigenvalue weighted by Gasteiger charge is -2.50. The van der Waals surface area contributed by atoms with Gasteiger partial charge in [-0.25, -0.2) is 0 Å². The normalized spacial score (nSPS) is 35.3. The van der Waals surface area contributed by atoms with Gasteiger partial charge in [0.25, 0.3) is 0 Å². The Morgan fingerprint density at radius 2 is 1.84 bits per heavy atom. The Morgan fingerprint density at radius 3 is 2.39 bits per heavy atom. The molecule has 7 unspecified atom stereocenters. The second-order valence-electron chi connectivity index (χ2n) is 11.3. The van der Waals surface area contributed by atoms with Crippen LogP contribution >= 0.6 is 0 Å². The number of rotatable bonds is 12. The first kappa shape index (κ1) is 26.5. The van der Waals surface area contributed by atoms with E-state index < -0.39 is 36.4 Å². The molecular formula is C25H44O6. The summed E-state index contributed by atoms with van der Waals surface area (Å²) in [6.07, 6.45) is 6.30. The minimum Gasteiger partial charge on any atom is -0.396 e. The van der Waals surface area contributed by atoms with Crippen LogP contribution in [0.2, 0.25) is 0 Å². The molecule has 1 saturated heterocycles. The van der Waals surface area contributed by atoms with Gasteiger partial charge in [0.1, 0.15) is 0 Å². The first-order chi connectivity index (χ1) is 14.3. The molecule has 2 fully saturated rings. The van der Waals surface area contributed by atoms with E-state index >= 15 is 0 Å². The highest BCUT2D eigenvalue weighted by atomic mass is 16.7. The lowest BCUT2D eigenvalue weighted by molar-refractivity contribution is -0.381. The van der Waals surface area contributed by atoms with Crippen LogP contribution in [0.3, 0.4) is 0 Å². The summed E-state index contributed by atoms with van der Waals surface area (Å²) in [4.78, 5) is 12.1. The summed E-state index contributed by atoms with van der Waals surface area (Å²) in [6.45, 7) is 12.5. The zero-order chi connectivity index (χ0) is 23.6. The van der Waals surface area contributed by atoms with E-state index in [1.54, 1.807) is 6.08 Å². The number of hydrogen-bond donors (Lipinski definition) is 4. The Hall–Kier alpha value is -0.790. The van der Waals surface area contributed by atoms with Gasteiger partial charge in [-0.1, -0.05) is 60.5 Å². The van der Waals surface area contributed by atoms with Crippen LogP contribution in [0.4, 0.5) is 0 Å². The first-order valence-corrected chi connectivity index (χ1v) is 11.9. The van der Waals surface area contributed by atoms with Crippen molar-refractivity contribution in [2.24, 2.45) is 28.6 Å². The van der Waals surface area contributed by atoms with Crippen LogP contribution in [0.5, 0.6) is 0 Å². The van der Waals surface area contributed by atoms with E-state index in [1.165, 1.54) is 0 Å². The van der Waals surface area contributed by atoms with Gasteiger partial charge in [0.2, 0.25) is 0 Å². The molecule has 0 aromatic carbocycles. The molecule has 1 aliphatic carbocycles. The minimum atomic E-state index is -1.62. The van der Waals surface area contributed by atoms with Crippen molar-refractivity contribution in [2.45, 2.75) is 104 Å². The number of fused-ring (bicyclic) bond motifs is 1. The fourth-order valence-corrected chi connectivity index (χ4v) is 5.63. The maximum Gasteiger partial charge on any atom is 0.181 e. The number of ketones is 1. The zero-order valence-electron chi connectivity index (χ0n) is 20.2. The molecule has 1 aliphatic heterocycles. The third-order valence-corrected chi connectivity index (χ3v) is 7.41. The van der Waals surface area contributed by atoms with Crippen LogP contribution in [0.15, 0.2) is 12.2 Å². The molecule has 6 heteroatoms. The molecule has 180 valence electrons. The molecule has 0 spiro atoms. The monoisotopic (exact) mass is 440 g/mol. The SMILES string of the molecule is CCC(C)(CCCC1OC2(O)C(CO)C(O)C(O)C12)CC(C)(C)C=CC(=O)CC(C)C. The van der Waals surface area contributed by atoms with Gasteiger partial charge in [0.05, 0.1) is 36.8 Å². The van der Waals surface area contributed by atoms with Crippen molar-refractivity contribution < 1.29 is 30.0 Å². The number of allylic oxidation sites excluding steroid dienone is 2. The molecule has 6 nitrogen and oxygen atoms in total. The standard InChI is InChI=1S/C25H44O6/c1-7-24(6,15-23(4,5)12-10-17(27)13-16(2)3)11-8-9-19-20-22(29)21(28)18(14-26)25(20,30)31-19/h10,12,16,18-22,26,28-30H,7-9,11,13-15H2,1-6H3. The van der Waals surface area contributed by atoms with Crippen molar-refractivity contribution in [1.29, 1.82) is 0 Å². The van der Waals surface area contributed by atoms with Crippen LogP contribution in [-0.2, 0) is 9.53 Å². The van der Waals surface area contributed by atoms with Gasteiger partial charge < -0.3 is 25.2 Å². The Kier molecular flexibility index (Phi) is 8.54. The molecule has 7 atom stereocenters. The number of carbonyl (C=O) groups is 1. The van der Waals surface area contributed by atoms with E-state index in [9.17, 15) is 25.2 Å². The molecule has 0 aromatic rings. The van der Waals surface area contributed by atoms with Gasteiger partial charge in [0.15, 0.2) is 11.6 Å². The molecule has 2 rings (SSSR count). The lowest BCUT2D eigenvalue weighted by Crippen LogP contribution is -2.62. The predicted octanol–water partition coefficient (Wildman–Crippen LogP) is 3.21. The summed E-state index contributed by atoms with van der Waals surface area (Å²) in [7, 11) is 0. The minimum absolute atomic E-state index is 0.0925. The molecule has 4 N–H and O–H groups in total. The van der Waals surface area contributed by atoms with Gasteiger partial charge in [-0.2, -0.15) is 0 Å². The fraction of sp³-hybridized carbons (Fsp3) is 0.880. The Morgan fingerprint density at radius 1 is 1.19 bits per heavy atom. The quantitative estimate of drug-likeness (QED) is 0.347. The number of aliphatic hydroxyl groups excluding tert-OH is 3. The van der Waals surface area contributed by atoms with Crippen LogP contribution in [-0.4, -0.2) is 56.9 Å². The topological polar surface area (TPSA) is 107 Å². The highest BCUT2D eigenvalue weighted by Crippen LogP contribution is 2.54. The van der Waals surface area contributed by atoms with Gasteiger partial charge >= 0.3 is 0 Å². The van der Waals surface area contributed by atoms with E-state index in [4.69, 9.17) is 4.74 Å². The Labute approximate surface area is 187 Å². The summed E-state index contributed by atoms with van der Waals surface area (Å²) in [6, 6.07) is 0. The van der Waals surface area contributed by atoms with Crippen LogP contribution in [0.25, 0.3) is 0 Å². The van der Waals surface area contributed by atoms with E-state index in [1.807, 2.05) is 19.9 Å². The van der Waals surface area contributed by atoms with Crippen molar-refractivity contribution in [3.63, 3.8) is 0 Å². The largest absolute Gasteiger partial charge is 0.396 e. The van der Waals surface area contributed by atoms with Crippen molar-refractivity contribution in [3.8, 4) is 0 Å². The molecular weight excluding hydrogens is 396 g/mol. The number of hydrogen-bond acceptors (Lipinski definition) is 6. The highest BCUT2D eigenvalue weighted by Gasteiger charge is 2.69. The van der Waals surface area contributed by atoms with Crippen LogP contribution in [0.1, 0.15) is 80.1 Å². The molecule has 1 heterocycles. The molecule has 0 radical (unpaired) electrons. The van der Waals surface area contributed by atoms with Crippen molar-refractivity contribution in [3.05, 3.63) is 12.2 Å². The average molecular weight is 441 g/mol. The maximum absolute atomic E-state index is 12.1. The lowest BCUT2D eigenvalue weighted by atomic mass is 9.69. The van der Waals surface area contributed by atoms with Crippen LogP contribution in [0, 0.1) is 28.6 Å². The Bertz CT molecular complexity index is 644. The number of carbonyl (C=O) groups excluding carboxylic acids is 1. The van der Waals surface area contributed by atoms with Gasteiger partial charge in [-0.05, 0) is 42.1 Å². The number of aliphatic hydroxyl groups is 4. The van der Waals surface area contributed by atoms with Crippen molar-refractivity contribution in [1.82, 2.24) is 0 Å². The molecule has 0 amide bonds. The Balaban J connectivity index is 1.89. The van der Waals surface area contributed by atoms with Gasteiger partial charge in [-0.3, -0.25) is 4.79 Å². The van der Waals surface area contributed by atoms with E-state index in [0.29, 0.717) is 18.8 Å². The van der Waals surface area contributed by atoms with E-state index in [2.05, 4.69) is 27.7 Å². The van der Waals surface area contributed by atoms with Crippen molar-refractivity contribution >= 4 is 5.78 Å². The molecule has 0 aromatic heterocycles. The van der Waals surface area contributed by atoms with Crippen LogP contribution < -0.4 is 0 Å². The molecule has 1 saturated carbocycles. The third kappa shape index (κ3) is 5.97. The highest BCUT2D eigenvalue weighted by molar-refractivity contribution is 5.89. The maximum atomic E-state index is 12.1. The second-order valence-corrected chi connectivity index (χ2v) is 11.3. The van der Waals surface area contributed by atoms with E-state index in [-0.39, 0.29) is 22.7 Å². The smallest absolute Gasteiger partial charge is 0.181 e. The summed E-state index contributed by atoms with van der Waals surface area (Å²) in [5, 5.41) is 40.4. The first-order valence-electron chi connectivity index (χ1n) is 11.9. The summed E-state index contributed by atoms with van der Waals surface area (Å²) in [5.41, 5.74) is 0.00114. The van der Waals surface area contributed by atoms with Crippen molar-refractivity contribution in [2.75, 3.05) is 6.61 Å². The molecule has 31 heavy (non-hydrogen) atoms. The zero-order valence-corrected chi connectivity index (χ0v) is 20.2.